The fourth-order valence-corrected chi connectivity index (χ4v) is 3.50. The number of hydrogen-bond acceptors (Lipinski definition) is 5. The topological polar surface area (TPSA) is 89.0 Å². The minimum absolute atomic E-state index is 0.193. The minimum atomic E-state index is -0.444. The van der Waals surface area contributed by atoms with E-state index in [2.05, 4.69) is 38.4 Å². The van der Waals surface area contributed by atoms with Crippen LogP contribution < -0.4 is 20.2 Å². The number of hydrazone groups is 1. The number of carbonyl (C=O) groups excluding carboxylic acids is 2. The molecule has 170 valence electrons. The molecule has 3 rings (SSSR count). The molecular formula is C24H21ClIN3O4. The van der Waals surface area contributed by atoms with Gasteiger partial charge in [-0.3, -0.25) is 9.59 Å². The molecule has 3 aromatic rings. The minimum Gasteiger partial charge on any atom is -0.493 e. The number of amides is 2. The van der Waals surface area contributed by atoms with E-state index in [1.807, 2.05) is 24.3 Å². The van der Waals surface area contributed by atoms with E-state index < -0.39 is 5.91 Å². The summed E-state index contributed by atoms with van der Waals surface area (Å²) in [6.45, 7) is 0.173. The highest BCUT2D eigenvalue weighted by Gasteiger charge is 2.10. The Morgan fingerprint density at radius 2 is 1.82 bits per heavy atom. The summed E-state index contributed by atoms with van der Waals surface area (Å²) in [5.41, 5.74) is 4.58. The second kappa shape index (κ2) is 12.2. The fraction of sp³-hybridized carbons (Fsp3) is 0.125. The lowest BCUT2D eigenvalue weighted by atomic mass is 10.2. The van der Waals surface area contributed by atoms with Gasteiger partial charge >= 0.3 is 0 Å². The van der Waals surface area contributed by atoms with E-state index in [-0.39, 0.29) is 12.5 Å². The van der Waals surface area contributed by atoms with E-state index in [4.69, 9.17) is 21.1 Å². The molecular weight excluding hydrogens is 557 g/mol. The van der Waals surface area contributed by atoms with Gasteiger partial charge in [-0.25, -0.2) is 5.43 Å². The van der Waals surface area contributed by atoms with Crippen LogP contribution in [-0.2, 0) is 11.4 Å². The first kappa shape index (κ1) is 24.5. The SMILES string of the molecule is COc1cc(/C=N\NC(=O)CNC(=O)c2ccccc2I)ccc1OCc1ccc(Cl)cc1. The van der Waals surface area contributed by atoms with Gasteiger partial charge in [-0.05, 0) is 76.2 Å². The van der Waals surface area contributed by atoms with Crippen molar-refractivity contribution in [3.05, 3.63) is 92.0 Å². The second-order valence-corrected chi connectivity index (χ2v) is 8.38. The lowest BCUT2D eigenvalue weighted by Gasteiger charge is -2.11. The van der Waals surface area contributed by atoms with Crippen LogP contribution >= 0.6 is 34.2 Å². The van der Waals surface area contributed by atoms with Crippen LogP contribution in [0.25, 0.3) is 0 Å². The van der Waals surface area contributed by atoms with Crippen LogP contribution in [0, 0.1) is 3.57 Å². The molecule has 0 aliphatic heterocycles. The van der Waals surface area contributed by atoms with Crippen molar-refractivity contribution in [1.82, 2.24) is 10.7 Å². The lowest BCUT2D eigenvalue weighted by Crippen LogP contribution is -2.35. The molecule has 0 spiro atoms. The largest absolute Gasteiger partial charge is 0.493 e. The lowest BCUT2D eigenvalue weighted by molar-refractivity contribution is -0.120. The summed E-state index contributed by atoms with van der Waals surface area (Å²) in [5, 5.41) is 7.17. The Kier molecular flexibility index (Phi) is 9.08. The summed E-state index contributed by atoms with van der Waals surface area (Å²) >= 11 is 7.97. The van der Waals surface area contributed by atoms with Crippen LogP contribution in [0.1, 0.15) is 21.5 Å². The molecule has 0 atom stereocenters. The Morgan fingerprint density at radius 1 is 1.06 bits per heavy atom. The number of rotatable bonds is 9. The van der Waals surface area contributed by atoms with Crippen molar-refractivity contribution in [1.29, 1.82) is 0 Å². The maximum Gasteiger partial charge on any atom is 0.259 e. The van der Waals surface area contributed by atoms with Crippen molar-refractivity contribution in [3.63, 3.8) is 0 Å². The normalized spacial score (nSPS) is 10.6. The molecule has 0 saturated carbocycles. The zero-order valence-corrected chi connectivity index (χ0v) is 20.6. The summed E-state index contributed by atoms with van der Waals surface area (Å²) in [6.07, 6.45) is 1.48. The molecule has 0 heterocycles. The third-order valence-electron chi connectivity index (χ3n) is 4.43. The van der Waals surface area contributed by atoms with Crippen molar-refractivity contribution < 1.29 is 19.1 Å². The molecule has 0 radical (unpaired) electrons. The van der Waals surface area contributed by atoms with E-state index in [1.54, 1.807) is 49.6 Å². The molecule has 0 aliphatic rings. The number of nitrogens with one attached hydrogen (secondary N) is 2. The molecule has 0 bridgehead atoms. The molecule has 0 aromatic heterocycles. The third-order valence-corrected chi connectivity index (χ3v) is 5.62. The van der Waals surface area contributed by atoms with Gasteiger partial charge in [0.2, 0.25) is 0 Å². The molecule has 0 aliphatic carbocycles. The summed E-state index contributed by atoms with van der Waals surface area (Å²) in [7, 11) is 1.55. The van der Waals surface area contributed by atoms with Crippen LogP contribution in [0.4, 0.5) is 0 Å². The highest BCUT2D eigenvalue weighted by Crippen LogP contribution is 2.28. The van der Waals surface area contributed by atoms with Gasteiger partial charge in [0.05, 0.1) is 25.4 Å². The second-order valence-electron chi connectivity index (χ2n) is 6.78. The van der Waals surface area contributed by atoms with Crippen LogP contribution in [-0.4, -0.2) is 31.7 Å². The Balaban J connectivity index is 1.50. The van der Waals surface area contributed by atoms with Crippen LogP contribution in [0.2, 0.25) is 5.02 Å². The predicted octanol–water partition coefficient (Wildman–Crippen LogP) is 4.41. The molecule has 2 N–H and O–H groups in total. The maximum absolute atomic E-state index is 12.2. The molecule has 0 fully saturated rings. The van der Waals surface area contributed by atoms with Gasteiger partial charge < -0.3 is 14.8 Å². The van der Waals surface area contributed by atoms with Gasteiger partial charge in [0.1, 0.15) is 6.61 Å². The van der Waals surface area contributed by atoms with Gasteiger partial charge in [0.15, 0.2) is 11.5 Å². The van der Waals surface area contributed by atoms with Crippen molar-refractivity contribution in [2.45, 2.75) is 6.61 Å². The standard InChI is InChI=1S/C24H21ClIN3O4/c1-32-22-12-17(8-11-21(22)33-15-16-6-9-18(25)10-7-16)13-28-29-23(30)14-27-24(31)19-4-2-3-5-20(19)26/h2-13H,14-15H2,1H3,(H,27,31)(H,29,30)/b28-13-. The third kappa shape index (κ3) is 7.47. The first-order chi connectivity index (χ1) is 16.0. The van der Waals surface area contributed by atoms with Crippen molar-refractivity contribution in [2.24, 2.45) is 5.10 Å². The molecule has 9 heteroatoms. The molecule has 2 amide bonds. The summed E-state index contributed by atoms with van der Waals surface area (Å²) in [6, 6.07) is 19.8. The fourth-order valence-electron chi connectivity index (χ4n) is 2.74. The molecule has 33 heavy (non-hydrogen) atoms. The summed E-state index contributed by atoms with van der Waals surface area (Å²) in [4.78, 5) is 24.1. The Labute approximate surface area is 210 Å². The Bertz CT molecular complexity index is 1150. The Morgan fingerprint density at radius 3 is 2.55 bits per heavy atom. The highest BCUT2D eigenvalue weighted by atomic mass is 127. The quantitative estimate of drug-likeness (QED) is 0.224. The summed E-state index contributed by atoms with van der Waals surface area (Å²) < 4.78 is 12.0. The van der Waals surface area contributed by atoms with E-state index in [9.17, 15) is 9.59 Å². The van der Waals surface area contributed by atoms with Crippen LogP contribution in [0.5, 0.6) is 11.5 Å². The van der Waals surface area contributed by atoms with Gasteiger partial charge in [0.25, 0.3) is 11.8 Å². The number of halogens is 2. The Hall–Kier alpha value is -3.11. The van der Waals surface area contributed by atoms with Crippen molar-refractivity contribution >= 4 is 52.2 Å². The number of carbonyl (C=O) groups is 2. The van der Waals surface area contributed by atoms with Crippen molar-refractivity contribution in [2.75, 3.05) is 13.7 Å². The van der Waals surface area contributed by atoms with Gasteiger partial charge in [-0.1, -0.05) is 35.9 Å². The van der Waals surface area contributed by atoms with Crippen LogP contribution in [0.3, 0.4) is 0 Å². The molecule has 7 nitrogen and oxygen atoms in total. The van der Waals surface area contributed by atoms with Crippen molar-refractivity contribution in [3.8, 4) is 11.5 Å². The predicted molar refractivity (Wildman–Crippen MR) is 136 cm³/mol. The maximum atomic E-state index is 12.2. The first-order valence-corrected chi connectivity index (χ1v) is 11.3. The molecule has 0 saturated heterocycles. The number of hydrogen-bond donors (Lipinski definition) is 2. The number of ether oxygens (including phenoxy) is 2. The number of benzene rings is 3. The first-order valence-electron chi connectivity index (χ1n) is 9.86. The monoisotopic (exact) mass is 577 g/mol. The summed E-state index contributed by atoms with van der Waals surface area (Å²) in [5.74, 6) is 0.342. The molecule has 0 unspecified atom stereocenters. The zero-order chi connectivity index (χ0) is 23.6. The molecule has 3 aromatic carbocycles. The van der Waals surface area contributed by atoms with Gasteiger partial charge in [-0.2, -0.15) is 5.10 Å². The number of nitrogens with zero attached hydrogens (tertiary/aromatic N) is 1. The van der Waals surface area contributed by atoms with Crippen LogP contribution in [0.15, 0.2) is 71.8 Å². The van der Waals surface area contributed by atoms with E-state index >= 15 is 0 Å². The van der Waals surface area contributed by atoms with E-state index in [1.165, 1.54) is 6.21 Å². The average molecular weight is 578 g/mol. The van der Waals surface area contributed by atoms with E-state index in [0.29, 0.717) is 34.3 Å². The average Bonchev–Trinajstić information content (AvgIpc) is 2.83. The highest BCUT2D eigenvalue weighted by molar-refractivity contribution is 14.1. The van der Waals surface area contributed by atoms with Gasteiger partial charge in [0, 0.05) is 8.59 Å². The zero-order valence-electron chi connectivity index (χ0n) is 17.7. The number of methoxy groups -OCH3 is 1. The smallest absolute Gasteiger partial charge is 0.259 e. The van der Waals surface area contributed by atoms with Gasteiger partial charge in [-0.15, -0.1) is 0 Å². The van der Waals surface area contributed by atoms with E-state index in [0.717, 1.165) is 9.13 Å².